The molecule has 2 aromatic heterocycles. The second-order valence-electron chi connectivity index (χ2n) is 8.14. The summed E-state index contributed by atoms with van der Waals surface area (Å²) in [5, 5.41) is 19.7. The van der Waals surface area contributed by atoms with Gasteiger partial charge in [-0.2, -0.15) is 9.78 Å². The molecule has 3 aromatic rings. The molecule has 0 spiro atoms. The minimum Gasteiger partial charge on any atom is -0.337 e. The smallest absolute Gasteiger partial charge is 0.250 e. The van der Waals surface area contributed by atoms with E-state index in [4.69, 9.17) is 0 Å². The van der Waals surface area contributed by atoms with Gasteiger partial charge < -0.3 is 10.2 Å². The van der Waals surface area contributed by atoms with Crippen LogP contribution in [0.2, 0.25) is 0 Å². The molecule has 0 bridgehead atoms. The molecule has 1 aliphatic carbocycles. The fraction of sp³-hybridized carbons (Fsp3) is 0.476. The number of nitrogens with one attached hydrogen (secondary N) is 1. The van der Waals surface area contributed by atoms with Gasteiger partial charge in [0.25, 0.3) is 0 Å². The summed E-state index contributed by atoms with van der Waals surface area (Å²) in [6, 6.07) is 12.2. The van der Waals surface area contributed by atoms with Gasteiger partial charge in [0, 0.05) is 32.2 Å². The van der Waals surface area contributed by atoms with Crippen LogP contribution in [0, 0.1) is 0 Å². The van der Waals surface area contributed by atoms with Crippen molar-refractivity contribution in [1.29, 1.82) is 0 Å². The average molecular weight is 422 g/mol. The zero-order valence-electron chi connectivity index (χ0n) is 17.5. The monoisotopic (exact) mass is 421 g/mol. The molecule has 5 rings (SSSR count). The summed E-state index contributed by atoms with van der Waals surface area (Å²) in [6.45, 7) is 3.45. The first-order valence-corrected chi connectivity index (χ1v) is 10.9. The van der Waals surface area contributed by atoms with Crippen LogP contribution in [0.25, 0.3) is 5.69 Å². The first kappa shape index (κ1) is 19.7. The van der Waals surface area contributed by atoms with Crippen LogP contribution < -0.4 is 10.2 Å². The summed E-state index contributed by atoms with van der Waals surface area (Å²) in [4.78, 5) is 17.0. The standard InChI is InChI=1S/C21H27N9O/c31-20(23-19-10-11-22-29(19)17-8-4-5-9-17)16-27-12-14-28(15-13-27)21-24-25-26-30(21)18-6-2-1-3-7-18/h1-3,6-7,10-11,17H,4-5,8-9,12-16H2,(H,23,31). The van der Waals surface area contributed by atoms with Gasteiger partial charge in [0.15, 0.2) is 0 Å². The van der Waals surface area contributed by atoms with Crippen molar-refractivity contribution in [2.75, 3.05) is 42.9 Å². The Morgan fingerprint density at radius 3 is 2.58 bits per heavy atom. The van der Waals surface area contributed by atoms with Crippen LogP contribution in [-0.2, 0) is 4.79 Å². The third-order valence-corrected chi connectivity index (χ3v) is 6.08. The minimum atomic E-state index is 0.00214. The molecule has 10 heteroatoms. The Hall–Kier alpha value is -3.27. The highest BCUT2D eigenvalue weighted by Crippen LogP contribution is 2.31. The maximum Gasteiger partial charge on any atom is 0.250 e. The van der Waals surface area contributed by atoms with Crippen molar-refractivity contribution in [2.24, 2.45) is 0 Å². The quantitative estimate of drug-likeness (QED) is 0.647. The molecule has 2 aliphatic rings. The second kappa shape index (κ2) is 8.84. The molecular weight excluding hydrogens is 394 g/mol. The van der Waals surface area contributed by atoms with E-state index in [1.807, 2.05) is 41.1 Å². The van der Waals surface area contributed by atoms with E-state index in [-0.39, 0.29) is 5.91 Å². The summed E-state index contributed by atoms with van der Waals surface area (Å²) in [5.74, 6) is 1.54. The fourth-order valence-corrected chi connectivity index (χ4v) is 4.46. The molecule has 1 N–H and O–H groups in total. The van der Waals surface area contributed by atoms with E-state index in [9.17, 15) is 4.79 Å². The lowest BCUT2D eigenvalue weighted by molar-refractivity contribution is -0.117. The normalized spacial score (nSPS) is 17.9. The molecule has 0 radical (unpaired) electrons. The van der Waals surface area contributed by atoms with Gasteiger partial charge in [-0.05, 0) is 35.4 Å². The molecule has 1 aromatic carbocycles. The third kappa shape index (κ3) is 4.29. The number of hydrogen-bond donors (Lipinski definition) is 1. The molecule has 2 fully saturated rings. The Kier molecular flexibility index (Phi) is 5.61. The van der Waals surface area contributed by atoms with Gasteiger partial charge in [-0.15, -0.1) is 0 Å². The lowest BCUT2D eigenvalue weighted by atomic mass is 10.2. The fourth-order valence-electron chi connectivity index (χ4n) is 4.46. The van der Waals surface area contributed by atoms with Crippen molar-refractivity contribution >= 4 is 17.7 Å². The molecule has 31 heavy (non-hydrogen) atoms. The molecule has 10 nitrogen and oxygen atoms in total. The summed E-state index contributed by atoms with van der Waals surface area (Å²) in [7, 11) is 0. The zero-order valence-corrected chi connectivity index (χ0v) is 17.5. The first-order chi connectivity index (χ1) is 15.3. The molecular formula is C21H27N9O. The number of piperazine rings is 1. The number of tetrazole rings is 1. The van der Waals surface area contributed by atoms with E-state index in [1.165, 1.54) is 12.8 Å². The average Bonchev–Trinajstić information content (AvgIpc) is 3.56. The number of hydrogen-bond acceptors (Lipinski definition) is 7. The number of rotatable bonds is 6. The predicted octanol–water partition coefficient (Wildman–Crippen LogP) is 1.73. The number of para-hydroxylation sites is 1. The molecule has 1 saturated carbocycles. The Morgan fingerprint density at radius 1 is 1.03 bits per heavy atom. The van der Waals surface area contributed by atoms with E-state index in [2.05, 4.69) is 35.7 Å². The summed E-state index contributed by atoms with van der Waals surface area (Å²) in [6.07, 6.45) is 6.50. The number of nitrogens with zero attached hydrogens (tertiary/aromatic N) is 8. The van der Waals surface area contributed by atoms with Gasteiger partial charge in [0.2, 0.25) is 11.9 Å². The van der Waals surface area contributed by atoms with E-state index in [0.717, 1.165) is 56.5 Å². The maximum atomic E-state index is 12.7. The van der Waals surface area contributed by atoms with Crippen molar-refractivity contribution in [3.8, 4) is 5.69 Å². The lowest BCUT2D eigenvalue weighted by Gasteiger charge is -2.34. The SMILES string of the molecule is O=C(CN1CCN(c2nnnn2-c2ccccc2)CC1)Nc1ccnn1C1CCCC1. The van der Waals surface area contributed by atoms with Gasteiger partial charge in [-0.3, -0.25) is 9.69 Å². The Balaban J connectivity index is 1.16. The highest BCUT2D eigenvalue weighted by molar-refractivity contribution is 5.91. The lowest BCUT2D eigenvalue weighted by Crippen LogP contribution is -2.49. The number of anilines is 2. The van der Waals surface area contributed by atoms with Crippen molar-refractivity contribution in [1.82, 2.24) is 34.9 Å². The van der Waals surface area contributed by atoms with Crippen LogP contribution in [0.15, 0.2) is 42.6 Å². The number of carbonyl (C=O) groups excluding carboxylic acids is 1. The van der Waals surface area contributed by atoms with E-state index >= 15 is 0 Å². The summed E-state index contributed by atoms with van der Waals surface area (Å²) >= 11 is 0. The topological polar surface area (TPSA) is 97.0 Å². The number of carbonyl (C=O) groups is 1. The molecule has 0 unspecified atom stereocenters. The van der Waals surface area contributed by atoms with Crippen molar-refractivity contribution < 1.29 is 4.79 Å². The Labute approximate surface area is 180 Å². The Bertz CT molecular complexity index is 1000. The molecule has 0 atom stereocenters. The Morgan fingerprint density at radius 2 is 1.81 bits per heavy atom. The first-order valence-electron chi connectivity index (χ1n) is 10.9. The van der Waals surface area contributed by atoms with Crippen LogP contribution >= 0.6 is 0 Å². The second-order valence-corrected chi connectivity index (χ2v) is 8.14. The van der Waals surface area contributed by atoms with Gasteiger partial charge in [0.1, 0.15) is 5.82 Å². The van der Waals surface area contributed by atoms with Crippen molar-refractivity contribution in [3.05, 3.63) is 42.6 Å². The van der Waals surface area contributed by atoms with Crippen LogP contribution in [0.1, 0.15) is 31.7 Å². The predicted molar refractivity (Wildman–Crippen MR) is 116 cm³/mol. The van der Waals surface area contributed by atoms with Crippen LogP contribution in [0.5, 0.6) is 0 Å². The van der Waals surface area contributed by atoms with Gasteiger partial charge in [0.05, 0.1) is 24.5 Å². The minimum absolute atomic E-state index is 0.00214. The molecule has 1 aliphatic heterocycles. The maximum absolute atomic E-state index is 12.7. The van der Waals surface area contributed by atoms with Crippen LogP contribution in [0.4, 0.5) is 11.8 Å². The summed E-state index contributed by atoms with van der Waals surface area (Å²) in [5.41, 5.74) is 0.934. The number of amides is 1. The third-order valence-electron chi connectivity index (χ3n) is 6.08. The van der Waals surface area contributed by atoms with E-state index < -0.39 is 0 Å². The highest BCUT2D eigenvalue weighted by atomic mass is 16.2. The van der Waals surface area contributed by atoms with E-state index in [0.29, 0.717) is 12.6 Å². The van der Waals surface area contributed by atoms with Crippen molar-refractivity contribution in [2.45, 2.75) is 31.7 Å². The van der Waals surface area contributed by atoms with Crippen molar-refractivity contribution in [3.63, 3.8) is 0 Å². The molecule has 1 saturated heterocycles. The van der Waals surface area contributed by atoms with Gasteiger partial charge in [-0.1, -0.05) is 36.1 Å². The highest BCUT2D eigenvalue weighted by Gasteiger charge is 2.24. The molecule has 3 heterocycles. The van der Waals surface area contributed by atoms with Gasteiger partial charge >= 0.3 is 0 Å². The van der Waals surface area contributed by atoms with Gasteiger partial charge in [-0.25, -0.2) is 4.68 Å². The summed E-state index contributed by atoms with van der Waals surface area (Å²) < 4.78 is 3.73. The molecule has 162 valence electrons. The molecule has 1 amide bonds. The van der Waals surface area contributed by atoms with E-state index in [1.54, 1.807) is 10.9 Å². The number of benzene rings is 1. The van der Waals surface area contributed by atoms with Crippen LogP contribution in [0.3, 0.4) is 0 Å². The van der Waals surface area contributed by atoms with Crippen LogP contribution in [-0.4, -0.2) is 73.5 Å². The zero-order chi connectivity index (χ0) is 21.0. The number of aromatic nitrogens is 6. The largest absolute Gasteiger partial charge is 0.337 e.